The predicted octanol–water partition coefficient (Wildman–Crippen LogP) is 1.27. The molecule has 1 aromatic rings. The van der Waals surface area contributed by atoms with Crippen LogP contribution in [-0.2, 0) is 16.0 Å². The number of carbonyl (C=O) groups is 2. The van der Waals surface area contributed by atoms with Crippen molar-refractivity contribution >= 4 is 11.8 Å². The highest BCUT2D eigenvalue weighted by atomic mass is 19.1. The van der Waals surface area contributed by atoms with Gasteiger partial charge in [0.2, 0.25) is 5.91 Å². The van der Waals surface area contributed by atoms with Gasteiger partial charge >= 0.3 is 0 Å². The molecule has 9 heteroatoms. The van der Waals surface area contributed by atoms with Gasteiger partial charge in [-0.2, -0.15) is 0 Å². The lowest BCUT2D eigenvalue weighted by molar-refractivity contribution is -0.133. The largest absolute Gasteiger partial charge is 0.379 e. The van der Waals surface area contributed by atoms with E-state index in [1.54, 1.807) is 17.0 Å². The fourth-order valence-electron chi connectivity index (χ4n) is 6.10. The summed E-state index contributed by atoms with van der Waals surface area (Å²) in [6, 6.07) is 5.01. The van der Waals surface area contributed by atoms with Crippen molar-refractivity contribution in [1.82, 2.24) is 25.6 Å². The molecule has 0 spiro atoms. The Labute approximate surface area is 207 Å². The maximum absolute atomic E-state index is 14.7. The second-order valence-corrected chi connectivity index (χ2v) is 10.4. The fraction of sp³-hybridized carbons (Fsp3) is 0.692. The van der Waals surface area contributed by atoms with Crippen molar-refractivity contribution in [2.45, 2.75) is 38.1 Å². The third-order valence-corrected chi connectivity index (χ3v) is 8.27. The molecule has 3 atom stereocenters. The molecule has 1 saturated carbocycles. The summed E-state index contributed by atoms with van der Waals surface area (Å²) < 4.78 is 20.1. The molecule has 0 radical (unpaired) electrons. The van der Waals surface area contributed by atoms with Crippen molar-refractivity contribution in [3.63, 3.8) is 0 Å². The average Bonchev–Trinajstić information content (AvgIpc) is 2.91. The van der Waals surface area contributed by atoms with Crippen LogP contribution < -0.4 is 10.9 Å². The number of carbonyl (C=O) groups excluding carboxylic acids is 2. The molecular formula is C26H38FN5O3. The number of piperazine rings is 1. The summed E-state index contributed by atoms with van der Waals surface area (Å²) in [6.07, 6.45) is 4.85. The molecule has 192 valence electrons. The Bertz CT molecular complexity index is 901. The van der Waals surface area contributed by atoms with Crippen LogP contribution in [-0.4, -0.2) is 98.1 Å². The molecule has 0 bridgehead atoms. The molecular weight excluding hydrogens is 449 g/mol. The number of morpholine rings is 1. The van der Waals surface area contributed by atoms with Gasteiger partial charge in [0.05, 0.1) is 18.8 Å². The minimum Gasteiger partial charge on any atom is -0.379 e. The van der Waals surface area contributed by atoms with E-state index in [0.717, 1.165) is 83.7 Å². The Hall–Kier alpha value is -2.07. The first kappa shape index (κ1) is 24.6. The number of hydrogen-bond acceptors (Lipinski definition) is 6. The number of benzene rings is 1. The summed E-state index contributed by atoms with van der Waals surface area (Å²) in [5, 5.41) is 0. The van der Waals surface area contributed by atoms with Crippen LogP contribution in [0.1, 0.15) is 41.6 Å². The molecule has 3 unspecified atom stereocenters. The summed E-state index contributed by atoms with van der Waals surface area (Å²) in [4.78, 5) is 32.1. The van der Waals surface area contributed by atoms with Gasteiger partial charge in [0.15, 0.2) is 0 Å². The third-order valence-electron chi connectivity index (χ3n) is 8.27. The highest BCUT2D eigenvalue weighted by Gasteiger charge is 2.40. The van der Waals surface area contributed by atoms with E-state index in [9.17, 15) is 14.0 Å². The minimum absolute atomic E-state index is 0.0519. The number of rotatable bonds is 6. The molecule has 8 nitrogen and oxygen atoms in total. The van der Waals surface area contributed by atoms with Crippen molar-refractivity contribution in [3.05, 3.63) is 35.1 Å². The second-order valence-electron chi connectivity index (χ2n) is 10.4. The molecule has 3 aliphatic heterocycles. The van der Waals surface area contributed by atoms with E-state index in [-0.39, 0.29) is 35.3 Å². The fourth-order valence-corrected chi connectivity index (χ4v) is 6.10. The van der Waals surface area contributed by atoms with Crippen molar-refractivity contribution in [3.8, 4) is 0 Å². The molecule has 1 aromatic carbocycles. The van der Waals surface area contributed by atoms with Gasteiger partial charge in [-0.1, -0.05) is 18.9 Å². The van der Waals surface area contributed by atoms with Gasteiger partial charge in [0.25, 0.3) is 5.91 Å². The molecule has 4 fully saturated rings. The molecule has 3 saturated heterocycles. The first-order valence-corrected chi connectivity index (χ1v) is 13.2. The standard InChI is InChI=1S/C26H38FN5O3/c27-23-6-5-19(18-24-20-3-1-2-4-21(20)25(33)29-28-24)17-22(23)26(34)32-11-9-30(10-12-32)7-8-31-13-15-35-16-14-31/h5-6,17,20-21,24,28H,1-4,7-16,18H2,(H,29,33). The lowest BCUT2D eigenvalue weighted by Gasteiger charge is -2.41. The van der Waals surface area contributed by atoms with Gasteiger partial charge in [-0.3, -0.25) is 24.8 Å². The summed E-state index contributed by atoms with van der Waals surface area (Å²) in [5.41, 5.74) is 7.10. The van der Waals surface area contributed by atoms with Crippen LogP contribution in [0.25, 0.3) is 0 Å². The summed E-state index contributed by atoms with van der Waals surface area (Å²) in [5.74, 6) is -0.264. The molecule has 4 aliphatic rings. The van der Waals surface area contributed by atoms with E-state index >= 15 is 0 Å². The van der Waals surface area contributed by atoms with E-state index < -0.39 is 5.82 Å². The Balaban J connectivity index is 1.16. The smallest absolute Gasteiger partial charge is 0.256 e. The van der Waals surface area contributed by atoms with Gasteiger partial charge in [-0.15, -0.1) is 0 Å². The summed E-state index contributed by atoms with van der Waals surface area (Å²) in [6.45, 7) is 8.44. The quantitative estimate of drug-likeness (QED) is 0.630. The zero-order valence-corrected chi connectivity index (χ0v) is 20.5. The molecule has 1 aliphatic carbocycles. The SMILES string of the molecule is O=C1NNC(Cc2ccc(F)c(C(=O)N3CCN(CCN4CCOCC4)CC3)c2)C2CCCCC12. The van der Waals surface area contributed by atoms with E-state index in [0.29, 0.717) is 19.5 Å². The Morgan fingerprint density at radius 3 is 2.49 bits per heavy atom. The molecule has 0 aromatic heterocycles. The molecule has 2 N–H and O–H groups in total. The van der Waals surface area contributed by atoms with E-state index in [2.05, 4.69) is 20.7 Å². The van der Waals surface area contributed by atoms with E-state index in [1.807, 2.05) is 0 Å². The Kier molecular flexibility index (Phi) is 7.97. The van der Waals surface area contributed by atoms with Crippen molar-refractivity contribution in [1.29, 1.82) is 0 Å². The van der Waals surface area contributed by atoms with Crippen LogP contribution in [0.15, 0.2) is 18.2 Å². The van der Waals surface area contributed by atoms with Gasteiger partial charge in [-0.05, 0) is 42.9 Å². The summed E-state index contributed by atoms with van der Waals surface area (Å²) in [7, 11) is 0. The number of hydrazine groups is 1. The van der Waals surface area contributed by atoms with E-state index in [1.165, 1.54) is 6.07 Å². The van der Waals surface area contributed by atoms with Crippen molar-refractivity contribution in [2.24, 2.45) is 11.8 Å². The van der Waals surface area contributed by atoms with Crippen molar-refractivity contribution in [2.75, 3.05) is 65.6 Å². The van der Waals surface area contributed by atoms with Crippen LogP contribution in [0, 0.1) is 17.7 Å². The Morgan fingerprint density at radius 2 is 1.71 bits per heavy atom. The van der Waals surface area contributed by atoms with Gasteiger partial charge in [0, 0.05) is 64.3 Å². The zero-order valence-electron chi connectivity index (χ0n) is 20.5. The number of ether oxygens (including phenoxy) is 1. The third kappa shape index (κ3) is 5.85. The first-order chi connectivity index (χ1) is 17.1. The van der Waals surface area contributed by atoms with Crippen LogP contribution in [0.3, 0.4) is 0 Å². The predicted molar refractivity (Wildman–Crippen MR) is 130 cm³/mol. The van der Waals surface area contributed by atoms with Crippen LogP contribution in [0.5, 0.6) is 0 Å². The van der Waals surface area contributed by atoms with Crippen LogP contribution in [0.4, 0.5) is 4.39 Å². The van der Waals surface area contributed by atoms with E-state index in [4.69, 9.17) is 4.74 Å². The molecule has 5 rings (SSSR count). The maximum Gasteiger partial charge on any atom is 0.256 e. The number of nitrogens with one attached hydrogen (secondary N) is 2. The monoisotopic (exact) mass is 487 g/mol. The number of nitrogens with zero attached hydrogens (tertiary/aromatic N) is 3. The zero-order chi connectivity index (χ0) is 24.2. The number of hydrogen-bond donors (Lipinski definition) is 2. The minimum atomic E-state index is -0.464. The molecule has 3 heterocycles. The highest BCUT2D eigenvalue weighted by Crippen LogP contribution is 2.35. The highest BCUT2D eigenvalue weighted by molar-refractivity contribution is 5.94. The Morgan fingerprint density at radius 1 is 1.00 bits per heavy atom. The topological polar surface area (TPSA) is 77.2 Å². The normalized spacial score (nSPS) is 28.4. The number of amides is 2. The van der Waals surface area contributed by atoms with Gasteiger partial charge in [-0.25, -0.2) is 9.82 Å². The average molecular weight is 488 g/mol. The van der Waals surface area contributed by atoms with Crippen LogP contribution in [0.2, 0.25) is 0 Å². The van der Waals surface area contributed by atoms with Gasteiger partial charge < -0.3 is 9.64 Å². The molecule has 2 amide bonds. The maximum atomic E-state index is 14.7. The molecule has 35 heavy (non-hydrogen) atoms. The van der Waals surface area contributed by atoms with Crippen molar-refractivity contribution < 1.29 is 18.7 Å². The number of fused-ring (bicyclic) bond motifs is 1. The first-order valence-electron chi connectivity index (χ1n) is 13.2. The lowest BCUT2D eigenvalue weighted by Crippen LogP contribution is -2.60. The van der Waals surface area contributed by atoms with Crippen LogP contribution >= 0.6 is 0 Å². The summed E-state index contributed by atoms with van der Waals surface area (Å²) >= 11 is 0. The second kappa shape index (κ2) is 11.3. The lowest BCUT2D eigenvalue weighted by atomic mass is 9.72. The van der Waals surface area contributed by atoms with Gasteiger partial charge in [0.1, 0.15) is 5.82 Å². The number of halogens is 1.